The molecule has 2 aromatic rings. The van der Waals surface area contributed by atoms with Gasteiger partial charge in [0.25, 0.3) is 0 Å². The SMILES string of the molecule is CN(Cc1csc(-c2cccs2)n1)CC(O)CO. The van der Waals surface area contributed by atoms with E-state index in [1.807, 2.05) is 28.8 Å². The summed E-state index contributed by atoms with van der Waals surface area (Å²) in [4.78, 5) is 7.71. The zero-order chi connectivity index (χ0) is 13.0. The molecule has 98 valence electrons. The fraction of sp³-hybridized carbons (Fsp3) is 0.417. The summed E-state index contributed by atoms with van der Waals surface area (Å²) in [5, 5.41) is 23.3. The second-order valence-electron chi connectivity index (χ2n) is 4.15. The molecule has 6 heteroatoms. The predicted octanol–water partition coefficient (Wildman–Crippen LogP) is 1.66. The van der Waals surface area contributed by atoms with E-state index in [9.17, 15) is 5.11 Å². The molecule has 1 unspecified atom stereocenters. The molecule has 0 bridgehead atoms. The fourth-order valence-corrected chi connectivity index (χ4v) is 3.28. The van der Waals surface area contributed by atoms with E-state index in [4.69, 9.17) is 5.11 Å². The lowest BCUT2D eigenvalue weighted by Crippen LogP contribution is -2.31. The standard InChI is InChI=1S/C12H16N2O2S2/c1-14(6-10(16)7-15)5-9-8-18-12(13-9)11-3-2-4-17-11/h2-4,8,10,15-16H,5-7H2,1H3. The zero-order valence-corrected chi connectivity index (χ0v) is 11.7. The van der Waals surface area contributed by atoms with Crippen LogP contribution in [0.2, 0.25) is 0 Å². The molecule has 0 spiro atoms. The van der Waals surface area contributed by atoms with Gasteiger partial charge in [0.2, 0.25) is 0 Å². The van der Waals surface area contributed by atoms with Crippen molar-refractivity contribution in [2.45, 2.75) is 12.6 Å². The van der Waals surface area contributed by atoms with Gasteiger partial charge in [-0.25, -0.2) is 4.98 Å². The van der Waals surface area contributed by atoms with Crippen LogP contribution in [0.1, 0.15) is 5.69 Å². The minimum atomic E-state index is -0.689. The van der Waals surface area contributed by atoms with Gasteiger partial charge >= 0.3 is 0 Å². The summed E-state index contributed by atoms with van der Waals surface area (Å²) in [6.45, 7) is 0.920. The van der Waals surface area contributed by atoms with Gasteiger partial charge in [0.1, 0.15) is 5.01 Å². The highest BCUT2D eigenvalue weighted by atomic mass is 32.1. The van der Waals surface area contributed by atoms with E-state index in [0.29, 0.717) is 13.1 Å². The molecule has 0 aromatic carbocycles. The monoisotopic (exact) mass is 284 g/mol. The van der Waals surface area contributed by atoms with Crippen molar-refractivity contribution in [3.05, 3.63) is 28.6 Å². The molecular formula is C12H16N2O2S2. The summed E-state index contributed by atoms with van der Waals surface area (Å²) in [7, 11) is 1.91. The smallest absolute Gasteiger partial charge is 0.133 e. The van der Waals surface area contributed by atoms with E-state index < -0.39 is 6.10 Å². The molecular weight excluding hydrogens is 268 g/mol. The lowest BCUT2D eigenvalue weighted by Gasteiger charge is -2.17. The minimum absolute atomic E-state index is 0.206. The Balaban J connectivity index is 1.94. The van der Waals surface area contributed by atoms with Crippen LogP contribution >= 0.6 is 22.7 Å². The van der Waals surface area contributed by atoms with Gasteiger partial charge in [-0.15, -0.1) is 22.7 Å². The lowest BCUT2D eigenvalue weighted by atomic mass is 10.3. The number of thiazole rings is 1. The average Bonchev–Trinajstić information content (AvgIpc) is 2.98. The molecule has 0 aliphatic rings. The van der Waals surface area contributed by atoms with Gasteiger partial charge in [-0.1, -0.05) is 6.07 Å². The molecule has 0 aliphatic carbocycles. The maximum atomic E-state index is 9.35. The molecule has 0 saturated heterocycles. The van der Waals surface area contributed by atoms with Gasteiger partial charge in [-0.2, -0.15) is 0 Å². The maximum absolute atomic E-state index is 9.35. The first kappa shape index (κ1) is 13.6. The Kier molecular flexibility index (Phi) is 4.85. The summed E-state index contributed by atoms with van der Waals surface area (Å²) in [5.74, 6) is 0. The molecule has 1 atom stereocenters. The molecule has 0 fully saturated rings. The van der Waals surface area contributed by atoms with Crippen molar-refractivity contribution in [3.63, 3.8) is 0 Å². The number of rotatable bonds is 6. The number of aliphatic hydroxyl groups excluding tert-OH is 2. The summed E-state index contributed by atoms with van der Waals surface area (Å²) < 4.78 is 0. The van der Waals surface area contributed by atoms with Crippen LogP contribution in [0.5, 0.6) is 0 Å². The van der Waals surface area contributed by atoms with Gasteiger partial charge in [0, 0.05) is 18.5 Å². The average molecular weight is 284 g/mol. The first-order chi connectivity index (χ1) is 8.69. The summed E-state index contributed by atoms with van der Waals surface area (Å²) in [6, 6.07) is 4.08. The highest BCUT2D eigenvalue weighted by molar-refractivity contribution is 7.20. The van der Waals surface area contributed by atoms with Gasteiger partial charge in [0.05, 0.1) is 23.3 Å². The zero-order valence-electron chi connectivity index (χ0n) is 10.1. The number of aliphatic hydroxyl groups is 2. The molecule has 18 heavy (non-hydrogen) atoms. The van der Waals surface area contributed by atoms with E-state index >= 15 is 0 Å². The number of nitrogens with zero attached hydrogens (tertiary/aromatic N) is 2. The van der Waals surface area contributed by atoms with E-state index in [-0.39, 0.29) is 6.61 Å². The van der Waals surface area contributed by atoms with Crippen LogP contribution in [0.3, 0.4) is 0 Å². The van der Waals surface area contributed by atoms with Crippen molar-refractivity contribution in [1.29, 1.82) is 0 Å². The third-order valence-electron chi connectivity index (χ3n) is 2.45. The van der Waals surface area contributed by atoms with Gasteiger partial charge in [0.15, 0.2) is 0 Å². The summed E-state index contributed by atoms with van der Waals surface area (Å²) in [6.07, 6.45) is -0.689. The molecule has 2 N–H and O–H groups in total. The van der Waals surface area contributed by atoms with E-state index in [1.165, 1.54) is 4.88 Å². The second kappa shape index (κ2) is 6.40. The number of likely N-dealkylation sites (N-methyl/N-ethyl adjacent to an activating group) is 1. The third kappa shape index (κ3) is 3.60. The number of hydrogen-bond acceptors (Lipinski definition) is 6. The van der Waals surface area contributed by atoms with Gasteiger partial charge in [-0.3, -0.25) is 4.90 Å². The minimum Gasteiger partial charge on any atom is -0.394 e. The predicted molar refractivity (Wildman–Crippen MR) is 74.9 cm³/mol. The van der Waals surface area contributed by atoms with Crippen molar-refractivity contribution in [3.8, 4) is 9.88 Å². The van der Waals surface area contributed by atoms with Crippen molar-refractivity contribution in [2.24, 2.45) is 0 Å². The van der Waals surface area contributed by atoms with Gasteiger partial charge in [-0.05, 0) is 18.5 Å². The first-order valence-electron chi connectivity index (χ1n) is 5.65. The third-order valence-corrected chi connectivity index (χ3v) is 4.38. The summed E-state index contributed by atoms with van der Waals surface area (Å²) >= 11 is 3.32. The topological polar surface area (TPSA) is 56.6 Å². The van der Waals surface area contributed by atoms with Crippen LogP contribution < -0.4 is 0 Å². The van der Waals surface area contributed by atoms with Crippen molar-refractivity contribution in [2.75, 3.05) is 20.2 Å². The molecule has 0 radical (unpaired) electrons. The maximum Gasteiger partial charge on any atom is 0.133 e. The van der Waals surface area contributed by atoms with E-state index in [0.717, 1.165) is 10.7 Å². The molecule has 2 heterocycles. The molecule has 0 saturated carbocycles. The Morgan fingerprint density at radius 2 is 2.28 bits per heavy atom. The van der Waals surface area contributed by atoms with Crippen LogP contribution in [0.15, 0.2) is 22.9 Å². The Bertz CT molecular complexity index is 470. The fourth-order valence-electron chi connectivity index (χ4n) is 1.65. The van der Waals surface area contributed by atoms with Crippen LogP contribution in [-0.2, 0) is 6.54 Å². The quantitative estimate of drug-likeness (QED) is 0.847. The van der Waals surface area contributed by atoms with Crippen LogP contribution in [0.4, 0.5) is 0 Å². The Morgan fingerprint density at radius 1 is 1.44 bits per heavy atom. The highest BCUT2D eigenvalue weighted by Crippen LogP contribution is 2.27. The second-order valence-corrected chi connectivity index (χ2v) is 5.96. The molecule has 0 aliphatic heterocycles. The molecule has 0 amide bonds. The number of aromatic nitrogens is 1. The highest BCUT2D eigenvalue weighted by Gasteiger charge is 2.10. The van der Waals surface area contributed by atoms with Crippen LogP contribution in [0.25, 0.3) is 9.88 Å². The Hall–Kier alpha value is -0.790. The lowest BCUT2D eigenvalue weighted by molar-refractivity contribution is 0.0645. The van der Waals surface area contributed by atoms with Crippen LogP contribution in [-0.4, -0.2) is 46.4 Å². The number of hydrogen-bond donors (Lipinski definition) is 2. The van der Waals surface area contributed by atoms with Gasteiger partial charge < -0.3 is 10.2 Å². The Morgan fingerprint density at radius 3 is 2.94 bits per heavy atom. The number of thiophene rings is 1. The van der Waals surface area contributed by atoms with Crippen molar-refractivity contribution >= 4 is 22.7 Å². The van der Waals surface area contributed by atoms with Crippen molar-refractivity contribution < 1.29 is 10.2 Å². The van der Waals surface area contributed by atoms with E-state index in [1.54, 1.807) is 22.7 Å². The first-order valence-corrected chi connectivity index (χ1v) is 7.40. The van der Waals surface area contributed by atoms with E-state index in [2.05, 4.69) is 11.1 Å². The summed E-state index contributed by atoms with van der Waals surface area (Å²) in [5.41, 5.74) is 0.996. The molecule has 4 nitrogen and oxygen atoms in total. The van der Waals surface area contributed by atoms with Crippen molar-refractivity contribution in [1.82, 2.24) is 9.88 Å². The molecule has 2 rings (SSSR count). The van der Waals surface area contributed by atoms with Crippen LogP contribution in [0, 0.1) is 0 Å². The molecule has 2 aromatic heterocycles. The Labute approximate surface area is 114 Å². The normalized spacial score (nSPS) is 13.1. The largest absolute Gasteiger partial charge is 0.394 e.